The number of aromatic nitrogens is 2. The van der Waals surface area contributed by atoms with Crippen LogP contribution >= 0.6 is 28.1 Å². The van der Waals surface area contributed by atoms with Crippen LogP contribution in [0.4, 0.5) is 0 Å². The van der Waals surface area contributed by atoms with Crippen LogP contribution in [0.15, 0.2) is 28.7 Å². The van der Waals surface area contributed by atoms with Crippen molar-refractivity contribution < 1.29 is 4.74 Å². The van der Waals surface area contributed by atoms with E-state index in [0.29, 0.717) is 17.3 Å². The number of benzene rings is 1. The van der Waals surface area contributed by atoms with Crippen LogP contribution in [-0.4, -0.2) is 14.8 Å². The van der Waals surface area contributed by atoms with Gasteiger partial charge in [-0.3, -0.25) is 4.68 Å². The van der Waals surface area contributed by atoms with Crippen LogP contribution in [0.3, 0.4) is 0 Å². The molecule has 0 amide bonds. The average molecular weight is 354 g/mol. The third-order valence-electron chi connectivity index (χ3n) is 2.87. The van der Waals surface area contributed by atoms with Gasteiger partial charge in [0.2, 0.25) is 0 Å². The van der Waals surface area contributed by atoms with E-state index in [1.807, 2.05) is 35.9 Å². The summed E-state index contributed by atoms with van der Waals surface area (Å²) in [4.78, 5) is 0.321. The Kier molecular flexibility index (Phi) is 4.77. The Hall–Kier alpha value is -1.40. The lowest BCUT2D eigenvalue weighted by Gasteiger charge is -2.11. The molecule has 0 unspecified atom stereocenters. The standard InChI is InChI=1S/C14H16BrN3OS/c1-3-18-11(6-9(2)17-18)8-19-13-5-4-10(15)7-12(13)14(16)20/h4-7H,3,8H2,1-2H3,(H2,16,20). The van der Waals surface area contributed by atoms with Gasteiger partial charge in [-0.05, 0) is 38.1 Å². The van der Waals surface area contributed by atoms with Crippen LogP contribution in [0, 0.1) is 6.92 Å². The second-order valence-electron chi connectivity index (χ2n) is 4.39. The summed E-state index contributed by atoms with van der Waals surface area (Å²) in [6, 6.07) is 7.64. The topological polar surface area (TPSA) is 53.1 Å². The van der Waals surface area contributed by atoms with E-state index in [1.165, 1.54) is 0 Å². The van der Waals surface area contributed by atoms with Crippen molar-refractivity contribution in [2.75, 3.05) is 0 Å². The highest BCUT2D eigenvalue weighted by Crippen LogP contribution is 2.24. The quantitative estimate of drug-likeness (QED) is 0.838. The SMILES string of the molecule is CCn1nc(C)cc1COc1ccc(Br)cc1C(N)=S. The minimum Gasteiger partial charge on any atom is -0.487 e. The first kappa shape index (κ1) is 15.0. The lowest BCUT2D eigenvalue weighted by atomic mass is 10.2. The van der Waals surface area contributed by atoms with E-state index in [9.17, 15) is 0 Å². The van der Waals surface area contributed by atoms with Gasteiger partial charge in [0, 0.05) is 11.0 Å². The van der Waals surface area contributed by atoms with Gasteiger partial charge in [0.15, 0.2) is 0 Å². The van der Waals surface area contributed by atoms with Crippen LogP contribution in [-0.2, 0) is 13.2 Å². The molecular weight excluding hydrogens is 338 g/mol. The highest BCUT2D eigenvalue weighted by atomic mass is 79.9. The van der Waals surface area contributed by atoms with Gasteiger partial charge < -0.3 is 10.5 Å². The maximum absolute atomic E-state index is 5.85. The second-order valence-corrected chi connectivity index (χ2v) is 5.74. The third-order valence-corrected chi connectivity index (χ3v) is 3.58. The van der Waals surface area contributed by atoms with Gasteiger partial charge >= 0.3 is 0 Å². The Morgan fingerprint density at radius 2 is 2.20 bits per heavy atom. The highest BCUT2D eigenvalue weighted by molar-refractivity contribution is 9.10. The largest absolute Gasteiger partial charge is 0.487 e. The van der Waals surface area contributed by atoms with Crippen molar-refractivity contribution in [3.05, 3.63) is 45.7 Å². The Morgan fingerprint density at radius 1 is 1.45 bits per heavy atom. The van der Waals surface area contributed by atoms with Crippen molar-refractivity contribution in [1.82, 2.24) is 9.78 Å². The first-order valence-corrected chi connectivity index (χ1v) is 7.47. The number of aryl methyl sites for hydroxylation is 2. The van der Waals surface area contributed by atoms with Crippen molar-refractivity contribution >= 4 is 33.1 Å². The zero-order valence-electron chi connectivity index (χ0n) is 11.4. The molecule has 2 N–H and O–H groups in total. The van der Waals surface area contributed by atoms with Gasteiger partial charge in [0.1, 0.15) is 17.3 Å². The zero-order valence-corrected chi connectivity index (χ0v) is 13.8. The fraction of sp³-hybridized carbons (Fsp3) is 0.286. The summed E-state index contributed by atoms with van der Waals surface area (Å²) in [5.41, 5.74) is 8.47. The van der Waals surface area contributed by atoms with E-state index >= 15 is 0 Å². The molecule has 0 aliphatic rings. The summed E-state index contributed by atoms with van der Waals surface area (Å²) < 4.78 is 8.69. The average Bonchev–Trinajstić information content (AvgIpc) is 2.77. The molecule has 0 spiro atoms. The number of rotatable bonds is 5. The van der Waals surface area contributed by atoms with Crippen molar-refractivity contribution in [3.63, 3.8) is 0 Å². The zero-order chi connectivity index (χ0) is 14.7. The van der Waals surface area contributed by atoms with Crippen LogP contribution in [0.2, 0.25) is 0 Å². The maximum atomic E-state index is 5.85. The van der Waals surface area contributed by atoms with Crippen molar-refractivity contribution in [3.8, 4) is 5.75 Å². The van der Waals surface area contributed by atoms with E-state index in [4.69, 9.17) is 22.7 Å². The molecule has 0 aliphatic heterocycles. The number of thiocarbonyl (C=S) groups is 1. The Labute approximate surface area is 132 Å². The van der Waals surface area contributed by atoms with E-state index in [-0.39, 0.29) is 0 Å². The van der Waals surface area contributed by atoms with Crippen LogP contribution in [0.5, 0.6) is 5.75 Å². The van der Waals surface area contributed by atoms with Gasteiger partial charge in [0.05, 0.1) is 17.0 Å². The molecule has 6 heteroatoms. The van der Waals surface area contributed by atoms with Crippen LogP contribution < -0.4 is 10.5 Å². The predicted octanol–water partition coefficient (Wildman–Crippen LogP) is 3.19. The summed E-state index contributed by atoms with van der Waals surface area (Å²) in [6.07, 6.45) is 0. The fourth-order valence-corrected chi connectivity index (χ4v) is 2.48. The molecule has 4 nitrogen and oxygen atoms in total. The predicted molar refractivity (Wildman–Crippen MR) is 87.0 cm³/mol. The van der Waals surface area contributed by atoms with Crippen molar-refractivity contribution in [2.45, 2.75) is 27.0 Å². The first-order chi connectivity index (χ1) is 9.51. The molecule has 2 aromatic rings. The number of ether oxygens (including phenoxy) is 1. The molecule has 0 fully saturated rings. The minimum absolute atomic E-state index is 0.321. The molecule has 0 bridgehead atoms. The highest BCUT2D eigenvalue weighted by Gasteiger charge is 2.10. The minimum atomic E-state index is 0.321. The molecule has 1 aromatic heterocycles. The summed E-state index contributed by atoms with van der Waals surface area (Å²) in [5, 5.41) is 4.39. The number of nitrogens with zero attached hydrogens (tertiary/aromatic N) is 2. The molecule has 0 aliphatic carbocycles. The Bertz CT molecular complexity index is 639. The van der Waals surface area contributed by atoms with E-state index in [1.54, 1.807) is 0 Å². The van der Waals surface area contributed by atoms with Crippen LogP contribution in [0.25, 0.3) is 0 Å². The molecule has 0 atom stereocenters. The second kappa shape index (κ2) is 6.37. The summed E-state index contributed by atoms with van der Waals surface area (Å²) in [7, 11) is 0. The van der Waals surface area contributed by atoms with Gasteiger partial charge in [-0.25, -0.2) is 0 Å². The maximum Gasteiger partial charge on any atom is 0.130 e. The van der Waals surface area contributed by atoms with E-state index < -0.39 is 0 Å². The molecule has 1 aromatic carbocycles. The number of halogens is 1. The summed E-state index contributed by atoms with van der Waals surface area (Å²) in [5.74, 6) is 0.683. The Balaban J connectivity index is 2.20. The lowest BCUT2D eigenvalue weighted by Crippen LogP contribution is -2.12. The summed E-state index contributed by atoms with van der Waals surface area (Å²) >= 11 is 8.45. The first-order valence-electron chi connectivity index (χ1n) is 6.26. The molecule has 0 saturated carbocycles. The van der Waals surface area contributed by atoms with E-state index in [0.717, 1.165) is 28.0 Å². The Morgan fingerprint density at radius 3 is 2.85 bits per heavy atom. The number of nitrogens with two attached hydrogens (primary N) is 1. The molecule has 0 radical (unpaired) electrons. The smallest absolute Gasteiger partial charge is 0.130 e. The molecular formula is C14H16BrN3OS. The molecule has 20 heavy (non-hydrogen) atoms. The van der Waals surface area contributed by atoms with Gasteiger partial charge in [-0.2, -0.15) is 5.10 Å². The van der Waals surface area contributed by atoms with Gasteiger partial charge in [-0.15, -0.1) is 0 Å². The summed E-state index contributed by atoms with van der Waals surface area (Å²) in [6.45, 7) is 5.27. The molecule has 106 valence electrons. The van der Waals surface area contributed by atoms with E-state index in [2.05, 4.69) is 28.0 Å². The fourth-order valence-electron chi connectivity index (χ4n) is 1.96. The van der Waals surface area contributed by atoms with Crippen molar-refractivity contribution in [1.29, 1.82) is 0 Å². The van der Waals surface area contributed by atoms with Crippen LogP contribution in [0.1, 0.15) is 23.9 Å². The number of hydrogen-bond acceptors (Lipinski definition) is 3. The normalized spacial score (nSPS) is 10.6. The van der Waals surface area contributed by atoms with Gasteiger partial charge in [-0.1, -0.05) is 28.1 Å². The monoisotopic (exact) mass is 353 g/mol. The molecule has 2 rings (SSSR count). The lowest BCUT2D eigenvalue weighted by molar-refractivity contribution is 0.292. The number of hydrogen-bond donors (Lipinski definition) is 1. The molecule has 1 heterocycles. The third kappa shape index (κ3) is 3.37. The molecule has 0 saturated heterocycles. The van der Waals surface area contributed by atoms with Gasteiger partial charge in [0.25, 0.3) is 0 Å². The van der Waals surface area contributed by atoms with Crippen molar-refractivity contribution in [2.24, 2.45) is 5.73 Å².